The molecule has 1 heterocycles. The van der Waals surface area contributed by atoms with Crippen LogP contribution in [-0.2, 0) is 4.74 Å². The minimum Gasteiger partial charge on any atom is -0.461 e. The predicted octanol–water partition coefficient (Wildman–Crippen LogP) is 4.70. The average molecular weight is 386 g/mol. The first kappa shape index (κ1) is 16.4. The lowest BCUT2D eigenvalue weighted by Crippen LogP contribution is -2.12. The number of nitrogens with zero attached hydrogens (tertiary/aromatic N) is 2. The maximum atomic E-state index is 12.3. The fourth-order valence-electron chi connectivity index (χ4n) is 2.16. The van der Waals surface area contributed by atoms with E-state index < -0.39 is 5.97 Å². The van der Waals surface area contributed by atoms with E-state index in [9.17, 15) is 4.79 Å². The van der Waals surface area contributed by atoms with E-state index >= 15 is 0 Å². The maximum Gasteiger partial charge on any atom is 0.360 e. The van der Waals surface area contributed by atoms with E-state index in [0.717, 1.165) is 16.6 Å². The number of aromatic nitrogens is 2. The van der Waals surface area contributed by atoms with E-state index in [1.54, 1.807) is 0 Å². The Bertz CT molecular complexity index is 866. The van der Waals surface area contributed by atoms with Crippen LogP contribution in [0, 0.1) is 0 Å². The Hall–Kier alpha value is -2.47. The lowest BCUT2D eigenvalue weighted by Gasteiger charge is -2.11. The topological polar surface area (TPSA) is 64.1 Å². The van der Waals surface area contributed by atoms with Gasteiger partial charge < -0.3 is 10.1 Å². The minimum absolute atomic E-state index is 0.185. The summed E-state index contributed by atoms with van der Waals surface area (Å²) in [7, 11) is 0. The third-order valence-corrected chi connectivity index (χ3v) is 3.84. The van der Waals surface area contributed by atoms with Gasteiger partial charge in [0.15, 0.2) is 11.5 Å². The zero-order valence-electron chi connectivity index (χ0n) is 13.1. The van der Waals surface area contributed by atoms with Crippen LogP contribution in [0.3, 0.4) is 0 Å². The number of rotatable bonds is 5. The second-order valence-electron chi connectivity index (χ2n) is 5.18. The molecule has 0 unspecified atom stereocenters. The zero-order valence-corrected chi connectivity index (χ0v) is 14.7. The van der Waals surface area contributed by atoms with Crippen LogP contribution in [0.4, 0.5) is 11.5 Å². The molecule has 0 aliphatic heterocycles. The molecule has 3 aromatic rings. The molecule has 122 valence electrons. The van der Waals surface area contributed by atoms with Crippen LogP contribution >= 0.6 is 15.9 Å². The van der Waals surface area contributed by atoms with Crippen LogP contribution in [-0.4, -0.2) is 22.5 Å². The number of benzene rings is 2. The van der Waals surface area contributed by atoms with Gasteiger partial charge in [-0.1, -0.05) is 35.0 Å². The molecule has 0 aliphatic carbocycles. The molecule has 0 amide bonds. The molecule has 6 heteroatoms. The molecule has 1 aromatic heterocycles. The van der Waals surface area contributed by atoms with Crippen molar-refractivity contribution in [2.75, 3.05) is 11.9 Å². The fraction of sp³-hybridized carbons (Fsp3) is 0.167. The molecule has 2 aromatic carbocycles. The first-order chi connectivity index (χ1) is 11.7. The van der Waals surface area contributed by atoms with Crippen molar-refractivity contribution in [2.45, 2.75) is 13.3 Å². The summed E-state index contributed by atoms with van der Waals surface area (Å²) in [5.41, 5.74) is 2.36. The van der Waals surface area contributed by atoms with Crippen LogP contribution in [0.5, 0.6) is 0 Å². The quantitative estimate of drug-likeness (QED) is 0.644. The molecule has 1 N–H and O–H groups in total. The second-order valence-corrected chi connectivity index (χ2v) is 6.09. The van der Waals surface area contributed by atoms with Crippen molar-refractivity contribution in [3.8, 4) is 0 Å². The van der Waals surface area contributed by atoms with Gasteiger partial charge >= 0.3 is 5.97 Å². The number of ether oxygens (including phenoxy) is 1. The Balaban J connectivity index is 2.02. The SMILES string of the molecule is CCCOC(=O)c1nc2ccccc2nc1Nc1ccc(Br)cc1. The number of halogens is 1. The number of esters is 1. The van der Waals surface area contributed by atoms with Gasteiger partial charge in [0.1, 0.15) is 0 Å². The lowest BCUT2D eigenvalue weighted by molar-refractivity contribution is 0.0499. The number of fused-ring (bicyclic) bond motifs is 1. The van der Waals surface area contributed by atoms with Gasteiger partial charge in [0.2, 0.25) is 0 Å². The molecule has 5 nitrogen and oxygen atoms in total. The van der Waals surface area contributed by atoms with Crippen molar-refractivity contribution in [2.24, 2.45) is 0 Å². The third-order valence-electron chi connectivity index (χ3n) is 3.31. The highest BCUT2D eigenvalue weighted by Crippen LogP contribution is 2.23. The van der Waals surface area contributed by atoms with Crippen LogP contribution < -0.4 is 5.32 Å². The van der Waals surface area contributed by atoms with Crippen molar-refractivity contribution >= 4 is 44.4 Å². The molecule has 0 aliphatic rings. The summed E-state index contributed by atoms with van der Waals surface area (Å²) in [6.45, 7) is 2.30. The molecule has 0 saturated carbocycles. The lowest BCUT2D eigenvalue weighted by atomic mass is 10.2. The van der Waals surface area contributed by atoms with Gasteiger partial charge in [-0.05, 0) is 42.8 Å². The molecule has 0 bridgehead atoms. The summed E-state index contributed by atoms with van der Waals surface area (Å²) in [4.78, 5) is 21.3. The van der Waals surface area contributed by atoms with Gasteiger partial charge in [-0.3, -0.25) is 0 Å². The molecule has 0 saturated heterocycles. The van der Waals surface area contributed by atoms with Gasteiger partial charge in [0.05, 0.1) is 17.6 Å². The van der Waals surface area contributed by atoms with Crippen molar-refractivity contribution in [1.29, 1.82) is 0 Å². The van der Waals surface area contributed by atoms with Crippen LogP contribution in [0.1, 0.15) is 23.8 Å². The summed E-state index contributed by atoms with van der Waals surface area (Å²) in [5.74, 6) is -0.0909. The second kappa shape index (κ2) is 7.40. The molecule has 3 rings (SSSR count). The molecule has 0 radical (unpaired) electrons. The molecule has 0 atom stereocenters. The third kappa shape index (κ3) is 3.71. The Morgan fingerprint density at radius 3 is 2.42 bits per heavy atom. The molecular weight excluding hydrogens is 370 g/mol. The van der Waals surface area contributed by atoms with E-state index in [-0.39, 0.29) is 5.69 Å². The van der Waals surface area contributed by atoms with Crippen molar-refractivity contribution in [1.82, 2.24) is 9.97 Å². The summed E-state index contributed by atoms with van der Waals surface area (Å²) in [5, 5.41) is 3.15. The first-order valence-electron chi connectivity index (χ1n) is 7.64. The highest BCUT2D eigenvalue weighted by Gasteiger charge is 2.18. The van der Waals surface area contributed by atoms with Gasteiger partial charge in [-0.15, -0.1) is 0 Å². The smallest absolute Gasteiger partial charge is 0.360 e. The Morgan fingerprint density at radius 1 is 1.08 bits per heavy atom. The Labute approximate surface area is 148 Å². The van der Waals surface area contributed by atoms with Crippen molar-refractivity contribution in [3.63, 3.8) is 0 Å². The van der Waals surface area contributed by atoms with E-state index in [1.165, 1.54) is 0 Å². The van der Waals surface area contributed by atoms with Crippen LogP contribution in [0.15, 0.2) is 53.0 Å². The number of hydrogen-bond donors (Lipinski definition) is 1. The van der Waals surface area contributed by atoms with E-state index in [4.69, 9.17) is 4.74 Å². The van der Waals surface area contributed by atoms with E-state index in [1.807, 2.05) is 55.5 Å². The van der Waals surface area contributed by atoms with E-state index in [0.29, 0.717) is 23.5 Å². The molecule has 0 spiro atoms. The summed E-state index contributed by atoms with van der Waals surface area (Å²) in [6.07, 6.45) is 0.752. The average Bonchev–Trinajstić information content (AvgIpc) is 2.61. The monoisotopic (exact) mass is 385 g/mol. The highest BCUT2D eigenvalue weighted by molar-refractivity contribution is 9.10. The number of carbonyl (C=O) groups is 1. The molecular formula is C18H16BrN3O2. The number of para-hydroxylation sites is 2. The standard InChI is InChI=1S/C18H16BrN3O2/c1-2-11-24-18(23)16-17(20-13-9-7-12(19)8-10-13)22-15-6-4-3-5-14(15)21-16/h3-10H,2,11H2,1H3,(H,20,22). The Kier molecular flexibility index (Phi) is 5.05. The molecule has 24 heavy (non-hydrogen) atoms. The summed E-state index contributed by atoms with van der Waals surface area (Å²) < 4.78 is 6.21. The minimum atomic E-state index is -0.477. The van der Waals surface area contributed by atoms with Crippen molar-refractivity contribution < 1.29 is 9.53 Å². The summed E-state index contributed by atoms with van der Waals surface area (Å²) in [6, 6.07) is 15.0. The first-order valence-corrected chi connectivity index (χ1v) is 8.43. The van der Waals surface area contributed by atoms with Crippen LogP contribution in [0.2, 0.25) is 0 Å². The maximum absolute atomic E-state index is 12.3. The van der Waals surface area contributed by atoms with Gasteiger partial charge in [-0.25, -0.2) is 14.8 Å². The fourth-order valence-corrected chi connectivity index (χ4v) is 2.43. The Morgan fingerprint density at radius 2 is 1.75 bits per heavy atom. The number of hydrogen-bond acceptors (Lipinski definition) is 5. The normalized spacial score (nSPS) is 10.6. The van der Waals surface area contributed by atoms with Gasteiger partial charge in [0.25, 0.3) is 0 Å². The van der Waals surface area contributed by atoms with Gasteiger partial charge in [-0.2, -0.15) is 0 Å². The predicted molar refractivity (Wildman–Crippen MR) is 97.5 cm³/mol. The number of anilines is 2. The van der Waals surface area contributed by atoms with Crippen molar-refractivity contribution in [3.05, 3.63) is 58.7 Å². The highest BCUT2D eigenvalue weighted by atomic mass is 79.9. The summed E-state index contributed by atoms with van der Waals surface area (Å²) >= 11 is 3.40. The van der Waals surface area contributed by atoms with Crippen LogP contribution in [0.25, 0.3) is 11.0 Å². The largest absolute Gasteiger partial charge is 0.461 e. The van der Waals surface area contributed by atoms with E-state index in [2.05, 4.69) is 31.2 Å². The van der Waals surface area contributed by atoms with Gasteiger partial charge in [0, 0.05) is 10.2 Å². The zero-order chi connectivity index (χ0) is 16.9. The number of carbonyl (C=O) groups excluding carboxylic acids is 1. The number of nitrogens with one attached hydrogen (secondary N) is 1. The molecule has 0 fully saturated rings.